The number of carbonyl (C=O) groups is 5. The summed E-state index contributed by atoms with van der Waals surface area (Å²) >= 11 is 0. The van der Waals surface area contributed by atoms with Crippen molar-refractivity contribution in [1.29, 1.82) is 0 Å². The van der Waals surface area contributed by atoms with Crippen LogP contribution in [0.5, 0.6) is 0 Å². The maximum atomic E-state index is 14.3. The van der Waals surface area contributed by atoms with E-state index in [4.69, 9.17) is 9.47 Å². The molecule has 0 radical (unpaired) electrons. The quantitative estimate of drug-likeness (QED) is 0.429. The van der Waals surface area contributed by atoms with Gasteiger partial charge in [-0.05, 0) is 58.1 Å². The van der Waals surface area contributed by atoms with Crippen LogP contribution in [0.2, 0.25) is 0 Å². The summed E-state index contributed by atoms with van der Waals surface area (Å²) in [6.45, 7) is 5.15. The lowest BCUT2D eigenvalue weighted by Crippen LogP contribution is -2.56. The van der Waals surface area contributed by atoms with E-state index in [1.54, 1.807) is 32.9 Å². The smallest absolute Gasteiger partial charge is 0.410 e. The molecule has 5 rings (SSSR count). The van der Waals surface area contributed by atoms with Gasteiger partial charge in [0.1, 0.15) is 35.1 Å². The van der Waals surface area contributed by atoms with Gasteiger partial charge >= 0.3 is 18.2 Å². The standard InChI is InChI=1S/C32H41FN4O8/c1-31(2,3)45-29(42)34-24-13-8-6-4-5-7-11-20-15-32(20,28(40)41)35-26(38)25-14-21(17-37(25)27(24)39)44-30(43)36-16-19-10-9-12-23(33)22(19)18-36/h7,9-12,20-21,24-25H,4-6,8,13-18H2,1-3H3,(H,34,42)(H,35,38)(H,40,41)/b11-7-/t20-,21-,24-,25+,32-/m1/s1. The Morgan fingerprint density at radius 1 is 1.13 bits per heavy atom. The van der Waals surface area contributed by atoms with Gasteiger partial charge in [-0.2, -0.15) is 0 Å². The molecule has 3 heterocycles. The number of benzene rings is 1. The van der Waals surface area contributed by atoms with Gasteiger partial charge in [-0.1, -0.05) is 37.1 Å². The minimum absolute atomic E-state index is 0.0258. The molecule has 0 aromatic heterocycles. The molecule has 1 aromatic carbocycles. The zero-order valence-electron chi connectivity index (χ0n) is 25.8. The monoisotopic (exact) mass is 628 g/mol. The van der Waals surface area contributed by atoms with Gasteiger partial charge in [0.15, 0.2) is 0 Å². The van der Waals surface area contributed by atoms with E-state index in [0.29, 0.717) is 17.5 Å². The number of fused-ring (bicyclic) bond motifs is 3. The summed E-state index contributed by atoms with van der Waals surface area (Å²) in [4.78, 5) is 68.5. The van der Waals surface area contributed by atoms with E-state index in [1.165, 1.54) is 15.9 Å². The van der Waals surface area contributed by atoms with Crippen molar-refractivity contribution in [2.75, 3.05) is 6.54 Å². The number of hydrogen-bond donors (Lipinski definition) is 3. The zero-order valence-corrected chi connectivity index (χ0v) is 25.8. The van der Waals surface area contributed by atoms with Crippen LogP contribution in [0, 0.1) is 11.7 Å². The molecule has 0 bridgehead atoms. The Morgan fingerprint density at radius 3 is 2.62 bits per heavy atom. The first kappa shape index (κ1) is 32.2. The maximum absolute atomic E-state index is 14.3. The number of allylic oxidation sites excluding steroid dienone is 1. The van der Waals surface area contributed by atoms with Crippen molar-refractivity contribution < 1.29 is 42.9 Å². The fraction of sp³-hybridized carbons (Fsp3) is 0.594. The first-order chi connectivity index (χ1) is 21.3. The highest BCUT2D eigenvalue weighted by Crippen LogP contribution is 2.45. The number of rotatable bonds is 3. The summed E-state index contributed by atoms with van der Waals surface area (Å²) in [5.74, 6) is -3.20. The summed E-state index contributed by atoms with van der Waals surface area (Å²) in [6.07, 6.45) is 4.66. The zero-order chi connectivity index (χ0) is 32.5. The van der Waals surface area contributed by atoms with E-state index < -0.39 is 65.1 Å². The molecule has 3 aliphatic heterocycles. The normalized spacial score (nSPS) is 29.2. The van der Waals surface area contributed by atoms with Crippen molar-refractivity contribution in [2.24, 2.45) is 5.92 Å². The average molecular weight is 629 g/mol. The van der Waals surface area contributed by atoms with Gasteiger partial charge < -0.3 is 30.1 Å². The molecule has 244 valence electrons. The molecular weight excluding hydrogens is 587 g/mol. The summed E-state index contributed by atoms with van der Waals surface area (Å²) in [5.41, 5.74) is -1.22. The van der Waals surface area contributed by atoms with E-state index in [9.17, 15) is 33.5 Å². The van der Waals surface area contributed by atoms with E-state index in [-0.39, 0.29) is 44.8 Å². The van der Waals surface area contributed by atoms with Gasteiger partial charge in [-0.15, -0.1) is 0 Å². The molecule has 4 amide bonds. The lowest BCUT2D eigenvalue weighted by Gasteiger charge is -2.30. The summed E-state index contributed by atoms with van der Waals surface area (Å²) < 4.78 is 25.4. The number of ether oxygens (including phenoxy) is 2. The highest BCUT2D eigenvalue weighted by Gasteiger charge is 2.61. The molecule has 4 aliphatic rings. The van der Waals surface area contributed by atoms with Crippen LogP contribution in [0.4, 0.5) is 14.0 Å². The highest BCUT2D eigenvalue weighted by atomic mass is 19.1. The number of carboxylic acid groups (broad SMARTS) is 1. The number of aliphatic carboxylic acids is 1. The highest BCUT2D eigenvalue weighted by molar-refractivity contribution is 5.96. The number of amides is 4. The fourth-order valence-electron chi connectivity index (χ4n) is 6.32. The van der Waals surface area contributed by atoms with Crippen LogP contribution >= 0.6 is 0 Å². The van der Waals surface area contributed by atoms with E-state index in [1.807, 2.05) is 12.2 Å². The van der Waals surface area contributed by atoms with E-state index in [2.05, 4.69) is 10.6 Å². The molecule has 0 spiro atoms. The number of nitrogens with zero attached hydrogens (tertiary/aromatic N) is 2. The van der Waals surface area contributed by atoms with E-state index in [0.717, 1.165) is 19.3 Å². The third-order valence-electron chi connectivity index (χ3n) is 8.76. The number of nitrogens with one attached hydrogen (secondary N) is 2. The van der Waals surface area contributed by atoms with Crippen LogP contribution in [0.3, 0.4) is 0 Å². The Balaban J connectivity index is 1.37. The lowest BCUT2D eigenvalue weighted by atomic mass is 10.0. The SMILES string of the molecule is CC(C)(C)OC(=O)N[C@@H]1CCCCC/C=C\[C@@H]2C[C@@]2(C(=O)O)NC(=O)[C@@H]2C[C@@H](OC(=O)N3Cc4cccc(F)c4C3)CN2C1=O. The first-order valence-corrected chi connectivity index (χ1v) is 15.5. The van der Waals surface area contributed by atoms with Crippen molar-refractivity contribution in [2.45, 2.75) is 108 Å². The molecule has 2 fully saturated rings. The second-order valence-electron chi connectivity index (χ2n) is 13.3. The predicted molar refractivity (Wildman–Crippen MR) is 158 cm³/mol. The topological polar surface area (TPSA) is 155 Å². The Labute approximate surface area is 261 Å². The molecule has 0 unspecified atom stereocenters. The van der Waals surface area contributed by atoms with Crippen LogP contribution in [0.15, 0.2) is 30.4 Å². The van der Waals surface area contributed by atoms with Crippen LogP contribution in [0.1, 0.15) is 76.8 Å². The second kappa shape index (κ2) is 12.7. The van der Waals surface area contributed by atoms with Crippen molar-refractivity contribution in [3.05, 3.63) is 47.3 Å². The summed E-state index contributed by atoms with van der Waals surface area (Å²) in [6, 6.07) is 2.45. The number of halogens is 1. The van der Waals surface area contributed by atoms with Crippen LogP contribution in [-0.4, -0.2) is 80.7 Å². The van der Waals surface area contributed by atoms with Crippen molar-refractivity contribution in [3.63, 3.8) is 0 Å². The van der Waals surface area contributed by atoms with Crippen LogP contribution in [-0.2, 0) is 36.9 Å². The molecule has 1 saturated carbocycles. The minimum atomic E-state index is -1.49. The molecule has 45 heavy (non-hydrogen) atoms. The third kappa shape index (κ3) is 7.23. The molecule has 1 aromatic rings. The van der Waals surface area contributed by atoms with Gasteiger partial charge in [0.2, 0.25) is 11.8 Å². The number of alkyl carbamates (subject to hydrolysis) is 1. The maximum Gasteiger partial charge on any atom is 0.410 e. The Hall–Kier alpha value is -4.16. The fourth-order valence-corrected chi connectivity index (χ4v) is 6.32. The largest absolute Gasteiger partial charge is 0.479 e. The molecule has 1 saturated heterocycles. The Bertz CT molecular complexity index is 1390. The van der Waals surface area contributed by atoms with Gasteiger partial charge in [0, 0.05) is 24.4 Å². The van der Waals surface area contributed by atoms with Gasteiger partial charge in [-0.3, -0.25) is 14.5 Å². The Kier molecular flexibility index (Phi) is 9.09. The van der Waals surface area contributed by atoms with Crippen molar-refractivity contribution in [1.82, 2.24) is 20.4 Å². The molecule has 3 N–H and O–H groups in total. The predicted octanol–water partition coefficient (Wildman–Crippen LogP) is 3.62. The van der Waals surface area contributed by atoms with Gasteiger partial charge in [0.25, 0.3) is 0 Å². The summed E-state index contributed by atoms with van der Waals surface area (Å²) in [5, 5.41) is 15.4. The summed E-state index contributed by atoms with van der Waals surface area (Å²) in [7, 11) is 0. The minimum Gasteiger partial charge on any atom is -0.479 e. The molecule has 5 atom stereocenters. The van der Waals surface area contributed by atoms with Crippen molar-refractivity contribution >= 4 is 30.0 Å². The lowest BCUT2D eigenvalue weighted by molar-refractivity contribution is -0.145. The van der Waals surface area contributed by atoms with Crippen molar-refractivity contribution in [3.8, 4) is 0 Å². The molecule has 13 heteroatoms. The molecular formula is C32H41FN4O8. The first-order valence-electron chi connectivity index (χ1n) is 15.5. The molecule has 1 aliphatic carbocycles. The van der Waals surface area contributed by atoms with Crippen LogP contribution < -0.4 is 10.6 Å². The second-order valence-corrected chi connectivity index (χ2v) is 13.3. The number of carbonyl (C=O) groups excluding carboxylic acids is 4. The molecule has 12 nitrogen and oxygen atoms in total. The van der Waals surface area contributed by atoms with E-state index >= 15 is 0 Å². The van der Waals surface area contributed by atoms with Gasteiger partial charge in [0.05, 0.1) is 13.1 Å². The van der Waals surface area contributed by atoms with Gasteiger partial charge in [-0.25, -0.2) is 18.8 Å². The third-order valence-corrected chi connectivity index (χ3v) is 8.76. The average Bonchev–Trinajstić information content (AvgIpc) is 3.27. The number of hydrogen-bond acceptors (Lipinski definition) is 7. The number of carboxylic acids is 1. The Morgan fingerprint density at radius 2 is 1.91 bits per heavy atom. The van der Waals surface area contributed by atoms with Crippen LogP contribution in [0.25, 0.3) is 0 Å².